The molecule has 84 valence electrons. The lowest BCUT2D eigenvalue weighted by atomic mass is 10.1. The first-order valence-corrected chi connectivity index (χ1v) is 5.12. The first kappa shape index (κ1) is 12.2. The van der Waals surface area contributed by atoms with Gasteiger partial charge in [0, 0.05) is 19.0 Å². The van der Waals surface area contributed by atoms with E-state index in [0.717, 1.165) is 5.56 Å². The van der Waals surface area contributed by atoms with Gasteiger partial charge in [0.15, 0.2) is 0 Å². The maximum atomic E-state index is 10.8. The predicted molar refractivity (Wildman–Crippen MR) is 61.2 cm³/mol. The molecule has 0 aliphatic rings. The fourth-order valence-electron chi connectivity index (χ4n) is 1.23. The molecule has 0 saturated heterocycles. The molecular weight excluding hydrogens is 202 g/mol. The minimum absolute atomic E-state index is 0.168. The van der Waals surface area contributed by atoms with Gasteiger partial charge in [-0.2, -0.15) is 5.26 Å². The maximum absolute atomic E-state index is 10.8. The van der Waals surface area contributed by atoms with Gasteiger partial charge < -0.3 is 11.1 Å². The summed E-state index contributed by atoms with van der Waals surface area (Å²) in [5.74, 6) is -0.467. The highest BCUT2D eigenvalue weighted by Gasteiger charge is 2.06. The summed E-state index contributed by atoms with van der Waals surface area (Å²) in [5.41, 5.74) is 6.87. The summed E-state index contributed by atoms with van der Waals surface area (Å²) in [5, 5.41) is 11.8. The van der Waals surface area contributed by atoms with Gasteiger partial charge >= 0.3 is 0 Å². The summed E-state index contributed by atoms with van der Waals surface area (Å²) in [4.78, 5) is 10.8. The maximum Gasteiger partial charge on any atom is 0.221 e. The number of carbonyl (C=O) groups excluding carboxylic acids is 1. The molecule has 0 radical (unpaired) electrons. The van der Waals surface area contributed by atoms with E-state index in [9.17, 15) is 4.79 Å². The van der Waals surface area contributed by atoms with Crippen molar-refractivity contribution in [3.63, 3.8) is 0 Å². The molecule has 1 amide bonds. The summed E-state index contributed by atoms with van der Waals surface area (Å²) >= 11 is 0. The summed E-state index contributed by atoms with van der Waals surface area (Å²) in [7, 11) is 0. The Labute approximate surface area is 95.1 Å². The van der Waals surface area contributed by atoms with Gasteiger partial charge in [-0.25, -0.2) is 0 Å². The first-order chi connectivity index (χ1) is 7.63. The minimum Gasteiger partial charge on any atom is -0.369 e. The van der Waals surface area contributed by atoms with Gasteiger partial charge in [0.1, 0.15) is 0 Å². The van der Waals surface area contributed by atoms with Crippen LogP contribution in [0.25, 0.3) is 0 Å². The molecule has 1 unspecified atom stereocenters. The summed E-state index contributed by atoms with van der Waals surface area (Å²) in [6.07, 6.45) is 0. The van der Waals surface area contributed by atoms with Crippen LogP contribution in [0.5, 0.6) is 0 Å². The topological polar surface area (TPSA) is 78.9 Å². The van der Waals surface area contributed by atoms with Crippen LogP contribution in [0.2, 0.25) is 0 Å². The number of benzene rings is 1. The van der Waals surface area contributed by atoms with Gasteiger partial charge in [-0.15, -0.1) is 0 Å². The van der Waals surface area contributed by atoms with E-state index in [4.69, 9.17) is 11.0 Å². The van der Waals surface area contributed by atoms with Crippen LogP contribution in [0, 0.1) is 17.2 Å². The normalized spacial score (nSPS) is 11.8. The fourth-order valence-corrected chi connectivity index (χ4v) is 1.23. The van der Waals surface area contributed by atoms with Crippen LogP contribution < -0.4 is 11.1 Å². The zero-order valence-corrected chi connectivity index (χ0v) is 9.23. The molecule has 1 aromatic rings. The highest BCUT2D eigenvalue weighted by Crippen LogP contribution is 2.03. The molecule has 0 fully saturated rings. The van der Waals surface area contributed by atoms with Crippen LogP contribution in [-0.4, -0.2) is 12.5 Å². The minimum atomic E-state index is -0.299. The van der Waals surface area contributed by atoms with Crippen molar-refractivity contribution >= 4 is 5.91 Å². The largest absolute Gasteiger partial charge is 0.369 e. The Morgan fingerprint density at radius 3 is 2.62 bits per heavy atom. The third-order valence-corrected chi connectivity index (χ3v) is 2.35. The van der Waals surface area contributed by atoms with Gasteiger partial charge in [-0.05, 0) is 17.7 Å². The Morgan fingerprint density at radius 2 is 2.12 bits per heavy atom. The molecule has 0 bridgehead atoms. The van der Waals surface area contributed by atoms with E-state index in [1.165, 1.54) is 0 Å². The smallest absolute Gasteiger partial charge is 0.221 e. The Morgan fingerprint density at radius 1 is 1.50 bits per heavy atom. The van der Waals surface area contributed by atoms with Crippen molar-refractivity contribution in [3.05, 3.63) is 35.4 Å². The van der Waals surface area contributed by atoms with E-state index in [2.05, 4.69) is 11.4 Å². The van der Waals surface area contributed by atoms with Gasteiger partial charge in [0.2, 0.25) is 5.91 Å². The third kappa shape index (κ3) is 3.71. The number of hydrogen-bond donors (Lipinski definition) is 2. The number of amides is 1. The number of nitrogens with one attached hydrogen (secondary N) is 1. The summed E-state index contributed by atoms with van der Waals surface area (Å²) in [6.45, 7) is 3.02. The standard InChI is InChI=1S/C12H15N3O/c1-9(12(14)16)7-15-8-11-4-2-10(6-13)3-5-11/h2-5,9,15H,7-8H2,1H3,(H2,14,16). The van der Waals surface area contributed by atoms with Crippen LogP contribution in [0.15, 0.2) is 24.3 Å². The predicted octanol–water partition coefficient (Wildman–Crippen LogP) is 0.769. The molecule has 0 heterocycles. The van der Waals surface area contributed by atoms with Crippen molar-refractivity contribution in [2.24, 2.45) is 11.7 Å². The second-order valence-electron chi connectivity index (χ2n) is 3.74. The zero-order chi connectivity index (χ0) is 12.0. The second-order valence-corrected chi connectivity index (χ2v) is 3.74. The number of nitrogens with zero attached hydrogens (tertiary/aromatic N) is 1. The third-order valence-electron chi connectivity index (χ3n) is 2.35. The number of nitriles is 1. The Bertz CT molecular complexity index is 392. The number of nitrogens with two attached hydrogens (primary N) is 1. The van der Waals surface area contributed by atoms with Crippen LogP contribution in [0.1, 0.15) is 18.1 Å². The van der Waals surface area contributed by atoms with E-state index < -0.39 is 0 Å². The Hall–Kier alpha value is -1.86. The second kappa shape index (κ2) is 5.89. The molecule has 0 aliphatic heterocycles. The monoisotopic (exact) mass is 217 g/mol. The van der Waals surface area contributed by atoms with Gasteiger partial charge in [0.05, 0.1) is 11.6 Å². The molecule has 1 aromatic carbocycles. The highest BCUT2D eigenvalue weighted by molar-refractivity contribution is 5.76. The molecule has 0 aliphatic carbocycles. The molecule has 0 saturated carbocycles. The quantitative estimate of drug-likeness (QED) is 0.764. The molecule has 1 rings (SSSR count). The van der Waals surface area contributed by atoms with E-state index in [1.807, 2.05) is 12.1 Å². The van der Waals surface area contributed by atoms with Gasteiger partial charge in [0.25, 0.3) is 0 Å². The van der Waals surface area contributed by atoms with Crippen LogP contribution in [0.4, 0.5) is 0 Å². The van der Waals surface area contributed by atoms with Crippen molar-refractivity contribution in [1.29, 1.82) is 5.26 Å². The highest BCUT2D eigenvalue weighted by atomic mass is 16.1. The van der Waals surface area contributed by atoms with Crippen LogP contribution in [-0.2, 0) is 11.3 Å². The SMILES string of the molecule is CC(CNCc1ccc(C#N)cc1)C(N)=O. The summed E-state index contributed by atoms with van der Waals surface area (Å²) < 4.78 is 0. The average molecular weight is 217 g/mol. The lowest BCUT2D eigenvalue weighted by molar-refractivity contribution is -0.121. The number of hydrogen-bond acceptors (Lipinski definition) is 3. The average Bonchev–Trinajstić information content (AvgIpc) is 2.29. The fraction of sp³-hybridized carbons (Fsp3) is 0.333. The number of carbonyl (C=O) groups is 1. The van der Waals surface area contributed by atoms with Crippen molar-refractivity contribution in [3.8, 4) is 6.07 Å². The first-order valence-electron chi connectivity index (χ1n) is 5.12. The van der Waals surface area contributed by atoms with E-state index in [0.29, 0.717) is 18.7 Å². The van der Waals surface area contributed by atoms with Crippen LogP contribution in [0.3, 0.4) is 0 Å². The molecule has 3 N–H and O–H groups in total. The van der Waals surface area contributed by atoms with Crippen molar-refractivity contribution in [2.45, 2.75) is 13.5 Å². The molecule has 4 heteroatoms. The number of rotatable bonds is 5. The molecule has 1 atom stereocenters. The van der Waals surface area contributed by atoms with Gasteiger partial charge in [-0.3, -0.25) is 4.79 Å². The number of primary amides is 1. The van der Waals surface area contributed by atoms with E-state index >= 15 is 0 Å². The Kier molecular flexibility index (Phi) is 4.49. The van der Waals surface area contributed by atoms with E-state index in [1.54, 1.807) is 19.1 Å². The molecule has 0 aromatic heterocycles. The van der Waals surface area contributed by atoms with Crippen molar-refractivity contribution in [2.75, 3.05) is 6.54 Å². The summed E-state index contributed by atoms with van der Waals surface area (Å²) in [6, 6.07) is 9.39. The lowest BCUT2D eigenvalue weighted by Gasteiger charge is -2.08. The molecular formula is C12H15N3O. The molecule has 0 spiro atoms. The van der Waals surface area contributed by atoms with E-state index in [-0.39, 0.29) is 11.8 Å². The Balaban J connectivity index is 2.38. The van der Waals surface area contributed by atoms with Crippen LogP contribution >= 0.6 is 0 Å². The molecule has 16 heavy (non-hydrogen) atoms. The molecule has 4 nitrogen and oxygen atoms in total. The van der Waals surface area contributed by atoms with Crippen molar-refractivity contribution < 1.29 is 4.79 Å². The van der Waals surface area contributed by atoms with Gasteiger partial charge in [-0.1, -0.05) is 19.1 Å². The zero-order valence-electron chi connectivity index (χ0n) is 9.23. The van der Waals surface area contributed by atoms with Crippen molar-refractivity contribution in [1.82, 2.24) is 5.32 Å². The lowest BCUT2D eigenvalue weighted by Crippen LogP contribution is -2.30.